The highest BCUT2D eigenvalue weighted by atomic mass is 35.5. The molecule has 0 aliphatic rings. The van der Waals surface area contributed by atoms with Crippen molar-refractivity contribution in [1.29, 1.82) is 0 Å². The van der Waals surface area contributed by atoms with Crippen LogP contribution in [-0.2, 0) is 17.9 Å². The summed E-state index contributed by atoms with van der Waals surface area (Å²) in [6.07, 6.45) is 0. The number of hydrogen-bond acceptors (Lipinski definition) is 5. The molecule has 20 heavy (non-hydrogen) atoms. The Labute approximate surface area is 125 Å². The first kappa shape index (κ1) is 14.9. The van der Waals surface area contributed by atoms with E-state index in [2.05, 4.69) is 15.5 Å². The van der Waals surface area contributed by atoms with E-state index in [-0.39, 0.29) is 15.4 Å². The van der Waals surface area contributed by atoms with Crippen molar-refractivity contribution in [2.75, 3.05) is 6.61 Å². The van der Waals surface area contributed by atoms with E-state index in [0.29, 0.717) is 19.8 Å². The van der Waals surface area contributed by atoms with Crippen LogP contribution in [0.3, 0.4) is 0 Å². The number of rotatable bonds is 6. The van der Waals surface area contributed by atoms with E-state index in [9.17, 15) is 4.79 Å². The number of nitrogens with one attached hydrogen (secondary N) is 1. The number of carbonyl (C=O) groups excluding carboxylic acids is 1. The SMILES string of the molecule is CCOCc1ccccc1CNC(=O)c1nnc(Cl)s1. The summed E-state index contributed by atoms with van der Waals surface area (Å²) in [5.74, 6) is -0.277. The molecule has 0 unspecified atom stereocenters. The van der Waals surface area contributed by atoms with Crippen LogP contribution in [0.25, 0.3) is 0 Å². The van der Waals surface area contributed by atoms with Gasteiger partial charge in [-0.05, 0) is 29.7 Å². The summed E-state index contributed by atoms with van der Waals surface area (Å²) >= 11 is 6.71. The molecule has 5 nitrogen and oxygen atoms in total. The van der Waals surface area contributed by atoms with Gasteiger partial charge in [0.15, 0.2) is 0 Å². The highest BCUT2D eigenvalue weighted by Crippen LogP contribution is 2.15. The fourth-order valence-electron chi connectivity index (χ4n) is 1.63. The first-order chi connectivity index (χ1) is 9.70. The summed E-state index contributed by atoms with van der Waals surface area (Å²) in [4.78, 5) is 11.9. The van der Waals surface area contributed by atoms with E-state index < -0.39 is 0 Å². The van der Waals surface area contributed by atoms with Crippen molar-refractivity contribution >= 4 is 28.8 Å². The lowest BCUT2D eigenvalue weighted by Gasteiger charge is -2.09. The minimum absolute atomic E-state index is 0.256. The Morgan fingerprint density at radius 3 is 2.75 bits per heavy atom. The van der Waals surface area contributed by atoms with Gasteiger partial charge in [-0.1, -0.05) is 35.6 Å². The van der Waals surface area contributed by atoms with Crippen LogP contribution in [0.4, 0.5) is 0 Å². The fraction of sp³-hybridized carbons (Fsp3) is 0.308. The van der Waals surface area contributed by atoms with Crippen molar-refractivity contribution < 1.29 is 9.53 Å². The van der Waals surface area contributed by atoms with Crippen LogP contribution < -0.4 is 5.32 Å². The number of hydrogen-bond donors (Lipinski definition) is 1. The summed E-state index contributed by atoms with van der Waals surface area (Å²) < 4.78 is 5.66. The Morgan fingerprint density at radius 2 is 2.10 bits per heavy atom. The summed E-state index contributed by atoms with van der Waals surface area (Å²) in [5, 5.41) is 10.4. The molecule has 1 aromatic carbocycles. The van der Waals surface area contributed by atoms with E-state index in [1.54, 1.807) is 0 Å². The van der Waals surface area contributed by atoms with Gasteiger partial charge in [0.25, 0.3) is 5.91 Å². The maximum Gasteiger partial charge on any atom is 0.282 e. The van der Waals surface area contributed by atoms with Gasteiger partial charge in [-0.25, -0.2) is 0 Å². The van der Waals surface area contributed by atoms with E-state index in [1.807, 2.05) is 31.2 Å². The number of amides is 1. The number of carbonyl (C=O) groups is 1. The minimum atomic E-state index is -0.277. The third-order valence-corrected chi connectivity index (χ3v) is 3.63. The molecule has 1 N–H and O–H groups in total. The molecule has 0 fully saturated rings. The normalized spacial score (nSPS) is 10.5. The minimum Gasteiger partial charge on any atom is -0.377 e. The van der Waals surface area contributed by atoms with E-state index in [0.717, 1.165) is 22.5 Å². The second-order valence-corrected chi connectivity index (χ2v) is 5.51. The molecule has 0 spiro atoms. The summed E-state index contributed by atoms with van der Waals surface area (Å²) in [6.45, 7) is 3.56. The monoisotopic (exact) mass is 311 g/mol. The Morgan fingerprint density at radius 1 is 1.35 bits per heavy atom. The molecule has 0 radical (unpaired) electrons. The maximum absolute atomic E-state index is 11.9. The van der Waals surface area contributed by atoms with E-state index >= 15 is 0 Å². The van der Waals surface area contributed by atoms with E-state index in [4.69, 9.17) is 16.3 Å². The lowest BCUT2D eigenvalue weighted by molar-refractivity contribution is 0.0948. The lowest BCUT2D eigenvalue weighted by Crippen LogP contribution is -2.23. The van der Waals surface area contributed by atoms with Crippen LogP contribution in [0.5, 0.6) is 0 Å². The van der Waals surface area contributed by atoms with Crippen molar-refractivity contribution in [2.45, 2.75) is 20.1 Å². The quantitative estimate of drug-likeness (QED) is 0.891. The number of benzene rings is 1. The Kier molecular flexibility index (Phi) is 5.46. The number of ether oxygens (including phenoxy) is 1. The molecule has 0 saturated heterocycles. The van der Waals surface area contributed by atoms with Crippen LogP contribution in [0.2, 0.25) is 4.47 Å². The molecule has 1 amide bonds. The highest BCUT2D eigenvalue weighted by molar-refractivity contribution is 7.17. The van der Waals surface area contributed by atoms with Crippen LogP contribution in [-0.4, -0.2) is 22.7 Å². The average Bonchev–Trinajstić information content (AvgIpc) is 2.90. The predicted molar refractivity (Wildman–Crippen MR) is 77.9 cm³/mol. The van der Waals surface area contributed by atoms with Crippen molar-refractivity contribution in [1.82, 2.24) is 15.5 Å². The van der Waals surface area contributed by atoms with Crippen molar-refractivity contribution in [2.24, 2.45) is 0 Å². The molecular formula is C13H14ClN3O2S. The van der Waals surface area contributed by atoms with Gasteiger partial charge in [-0.15, -0.1) is 10.2 Å². The van der Waals surface area contributed by atoms with Crippen LogP contribution in [0.1, 0.15) is 27.9 Å². The smallest absolute Gasteiger partial charge is 0.282 e. The molecule has 7 heteroatoms. The topological polar surface area (TPSA) is 64.1 Å². The molecule has 1 aromatic heterocycles. The van der Waals surface area contributed by atoms with Gasteiger partial charge in [0.1, 0.15) is 0 Å². The van der Waals surface area contributed by atoms with Crippen LogP contribution >= 0.6 is 22.9 Å². The molecule has 0 aliphatic carbocycles. The van der Waals surface area contributed by atoms with Gasteiger partial charge in [-0.3, -0.25) is 4.79 Å². The molecular weight excluding hydrogens is 298 g/mol. The van der Waals surface area contributed by atoms with Crippen molar-refractivity contribution in [3.05, 3.63) is 44.9 Å². The van der Waals surface area contributed by atoms with Crippen molar-refractivity contribution in [3.8, 4) is 0 Å². The van der Waals surface area contributed by atoms with Gasteiger partial charge in [-0.2, -0.15) is 0 Å². The third-order valence-electron chi connectivity index (χ3n) is 2.61. The molecule has 106 valence electrons. The standard InChI is InChI=1S/C13H14ClN3O2S/c1-2-19-8-10-6-4-3-5-9(10)7-15-11(18)12-16-17-13(14)20-12/h3-6H,2,7-8H2,1H3,(H,15,18). The maximum atomic E-state index is 11.9. The highest BCUT2D eigenvalue weighted by Gasteiger charge is 2.12. The molecule has 0 atom stereocenters. The second kappa shape index (κ2) is 7.33. The molecule has 2 aromatic rings. The summed E-state index contributed by atoms with van der Waals surface area (Å²) in [5.41, 5.74) is 2.08. The van der Waals surface area contributed by atoms with Gasteiger partial charge in [0.05, 0.1) is 6.61 Å². The summed E-state index contributed by atoms with van der Waals surface area (Å²) in [7, 11) is 0. The first-order valence-corrected chi connectivity index (χ1v) is 7.32. The Balaban J connectivity index is 1.98. The third kappa shape index (κ3) is 4.00. The predicted octanol–water partition coefficient (Wildman–Crippen LogP) is 2.66. The molecule has 0 bridgehead atoms. The van der Waals surface area contributed by atoms with Crippen LogP contribution in [0.15, 0.2) is 24.3 Å². The van der Waals surface area contributed by atoms with Gasteiger partial charge in [0.2, 0.25) is 9.47 Å². The average molecular weight is 312 g/mol. The summed E-state index contributed by atoms with van der Waals surface area (Å²) in [6, 6.07) is 7.82. The number of aromatic nitrogens is 2. The molecule has 0 saturated carbocycles. The largest absolute Gasteiger partial charge is 0.377 e. The fourth-order valence-corrected chi connectivity index (χ4v) is 2.38. The van der Waals surface area contributed by atoms with Gasteiger partial charge in [0, 0.05) is 13.2 Å². The first-order valence-electron chi connectivity index (χ1n) is 6.12. The van der Waals surface area contributed by atoms with E-state index in [1.165, 1.54) is 0 Å². The number of halogens is 1. The second-order valence-electron chi connectivity index (χ2n) is 3.95. The van der Waals surface area contributed by atoms with Gasteiger partial charge >= 0.3 is 0 Å². The Hall–Kier alpha value is -1.50. The number of nitrogens with zero attached hydrogens (tertiary/aromatic N) is 2. The zero-order valence-electron chi connectivity index (χ0n) is 10.9. The Bertz CT molecular complexity index is 589. The zero-order chi connectivity index (χ0) is 14.4. The molecule has 0 aliphatic heterocycles. The molecule has 2 rings (SSSR count). The van der Waals surface area contributed by atoms with Crippen molar-refractivity contribution in [3.63, 3.8) is 0 Å². The van der Waals surface area contributed by atoms with Crippen LogP contribution in [0, 0.1) is 0 Å². The molecule has 1 heterocycles. The zero-order valence-corrected chi connectivity index (χ0v) is 12.5. The van der Waals surface area contributed by atoms with Gasteiger partial charge < -0.3 is 10.1 Å². The lowest BCUT2D eigenvalue weighted by atomic mass is 10.1.